The van der Waals surface area contributed by atoms with Crippen LogP contribution in [0.2, 0.25) is 0 Å². The van der Waals surface area contributed by atoms with Gasteiger partial charge >= 0.3 is 0 Å². The molecule has 0 aliphatic rings. The molecule has 0 unspecified atom stereocenters. The van der Waals surface area contributed by atoms with Crippen molar-refractivity contribution in [2.24, 2.45) is 5.84 Å². The van der Waals surface area contributed by atoms with Crippen LogP contribution < -0.4 is 16.2 Å². The SMILES string of the molecule is CCCN(CC)c1nc(NN)nc(-n2cccn2)n1. The summed E-state index contributed by atoms with van der Waals surface area (Å²) in [5.41, 5.74) is 2.46. The maximum absolute atomic E-state index is 5.41. The average molecular weight is 262 g/mol. The van der Waals surface area contributed by atoms with E-state index < -0.39 is 0 Å². The van der Waals surface area contributed by atoms with Gasteiger partial charge in [0.05, 0.1) is 0 Å². The van der Waals surface area contributed by atoms with Crippen molar-refractivity contribution in [1.29, 1.82) is 0 Å². The third-order valence-electron chi connectivity index (χ3n) is 2.61. The van der Waals surface area contributed by atoms with E-state index in [4.69, 9.17) is 5.84 Å². The lowest BCUT2D eigenvalue weighted by molar-refractivity contribution is 0.735. The molecule has 0 aliphatic carbocycles. The maximum atomic E-state index is 5.41. The van der Waals surface area contributed by atoms with E-state index >= 15 is 0 Å². The number of hydrogen-bond acceptors (Lipinski definition) is 7. The first-order valence-electron chi connectivity index (χ1n) is 6.26. The van der Waals surface area contributed by atoms with Gasteiger partial charge in [-0.2, -0.15) is 20.1 Å². The van der Waals surface area contributed by atoms with Crippen molar-refractivity contribution >= 4 is 11.9 Å². The fourth-order valence-corrected chi connectivity index (χ4v) is 1.72. The highest BCUT2D eigenvalue weighted by atomic mass is 15.4. The molecule has 3 N–H and O–H groups in total. The summed E-state index contributed by atoms with van der Waals surface area (Å²) < 4.78 is 1.58. The summed E-state index contributed by atoms with van der Waals surface area (Å²) in [4.78, 5) is 15.0. The van der Waals surface area contributed by atoms with Crippen LogP contribution in [0.15, 0.2) is 18.5 Å². The second-order valence-electron chi connectivity index (χ2n) is 3.93. The Hall–Kier alpha value is -2.22. The van der Waals surface area contributed by atoms with Gasteiger partial charge in [0.1, 0.15) is 0 Å². The molecule has 2 rings (SSSR count). The average Bonchev–Trinajstić information content (AvgIpc) is 2.98. The van der Waals surface area contributed by atoms with E-state index in [9.17, 15) is 0 Å². The molecule has 0 saturated carbocycles. The number of nitrogens with one attached hydrogen (secondary N) is 1. The number of hydrogen-bond donors (Lipinski definition) is 2. The lowest BCUT2D eigenvalue weighted by Crippen LogP contribution is -2.27. The molecule has 0 atom stereocenters. The van der Waals surface area contributed by atoms with Crippen molar-refractivity contribution < 1.29 is 0 Å². The number of nitrogens with two attached hydrogens (primary N) is 1. The van der Waals surface area contributed by atoms with Crippen LogP contribution in [-0.2, 0) is 0 Å². The molecule has 0 fully saturated rings. The fraction of sp³-hybridized carbons (Fsp3) is 0.455. The van der Waals surface area contributed by atoms with Crippen molar-refractivity contribution in [2.75, 3.05) is 23.4 Å². The Morgan fingerprint density at radius 3 is 2.74 bits per heavy atom. The smallest absolute Gasteiger partial charge is 0.257 e. The molecule has 8 nitrogen and oxygen atoms in total. The first kappa shape index (κ1) is 13.2. The second-order valence-corrected chi connectivity index (χ2v) is 3.93. The normalized spacial score (nSPS) is 10.5. The summed E-state index contributed by atoms with van der Waals surface area (Å²) in [6, 6.07) is 1.81. The minimum atomic E-state index is 0.324. The standard InChI is InChI=1S/C11H18N8/c1-3-7-18(4-2)10-14-9(17-12)15-11(16-10)19-8-5-6-13-19/h5-6,8H,3-4,7,12H2,1-2H3,(H,14,15,16,17). The lowest BCUT2D eigenvalue weighted by Gasteiger charge is -2.20. The number of rotatable bonds is 6. The van der Waals surface area contributed by atoms with E-state index in [-0.39, 0.29) is 0 Å². The molecule has 102 valence electrons. The highest BCUT2D eigenvalue weighted by Gasteiger charge is 2.12. The number of nitrogens with zero attached hydrogens (tertiary/aromatic N) is 6. The Balaban J connectivity index is 2.41. The van der Waals surface area contributed by atoms with Crippen LogP contribution in [0, 0.1) is 0 Å². The summed E-state index contributed by atoms with van der Waals surface area (Å²) in [6.07, 6.45) is 4.46. The zero-order valence-electron chi connectivity index (χ0n) is 11.1. The van der Waals surface area contributed by atoms with E-state index in [1.807, 2.05) is 6.07 Å². The summed E-state index contributed by atoms with van der Waals surface area (Å²) >= 11 is 0. The topological polar surface area (TPSA) is 97.8 Å². The Kier molecular flexibility index (Phi) is 4.24. The Morgan fingerprint density at radius 2 is 2.16 bits per heavy atom. The van der Waals surface area contributed by atoms with Crippen molar-refractivity contribution in [3.05, 3.63) is 18.5 Å². The summed E-state index contributed by atoms with van der Waals surface area (Å²) in [5, 5.41) is 4.11. The molecule has 2 aromatic rings. The van der Waals surface area contributed by atoms with Crippen molar-refractivity contribution in [3.8, 4) is 5.95 Å². The molecule has 19 heavy (non-hydrogen) atoms. The van der Waals surface area contributed by atoms with Crippen LogP contribution in [0.5, 0.6) is 0 Å². The van der Waals surface area contributed by atoms with Gasteiger partial charge in [-0.25, -0.2) is 10.5 Å². The van der Waals surface area contributed by atoms with Gasteiger partial charge in [0, 0.05) is 25.5 Å². The van der Waals surface area contributed by atoms with Gasteiger partial charge in [-0.3, -0.25) is 5.43 Å². The molecule has 0 radical (unpaired) electrons. The maximum Gasteiger partial charge on any atom is 0.257 e. The molecule has 0 bridgehead atoms. The van der Waals surface area contributed by atoms with Gasteiger partial charge in [-0.05, 0) is 19.4 Å². The van der Waals surface area contributed by atoms with Crippen molar-refractivity contribution in [2.45, 2.75) is 20.3 Å². The summed E-state index contributed by atoms with van der Waals surface area (Å²) in [6.45, 7) is 5.87. The van der Waals surface area contributed by atoms with Gasteiger partial charge in [0.2, 0.25) is 11.9 Å². The molecular weight excluding hydrogens is 244 g/mol. The fourth-order valence-electron chi connectivity index (χ4n) is 1.72. The minimum absolute atomic E-state index is 0.324. The van der Waals surface area contributed by atoms with Crippen LogP contribution in [0.1, 0.15) is 20.3 Å². The number of anilines is 2. The van der Waals surface area contributed by atoms with Gasteiger partial charge in [0.15, 0.2) is 0 Å². The molecule has 0 aliphatic heterocycles. The first-order chi connectivity index (χ1) is 9.28. The molecule has 2 heterocycles. The Morgan fingerprint density at radius 1 is 1.32 bits per heavy atom. The van der Waals surface area contributed by atoms with E-state index in [0.717, 1.165) is 19.5 Å². The molecular formula is C11H18N8. The van der Waals surface area contributed by atoms with Crippen LogP contribution in [0.4, 0.5) is 11.9 Å². The van der Waals surface area contributed by atoms with Gasteiger partial charge in [0.25, 0.3) is 5.95 Å². The summed E-state index contributed by atoms with van der Waals surface area (Å²) in [5.74, 6) is 6.77. The van der Waals surface area contributed by atoms with Crippen molar-refractivity contribution in [1.82, 2.24) is 24.7 Å². The monoisotopic (exact) mass is 262 g/mol. The Labute approximate surface area is 111 Å². The van der Waals surface area contributed by atoms with Gasteiger partial charge in [-0.1, -0.05) is 6.92 Å². The van der Waals surface area contributed by atoms with Crippen LogP contribution in [0.25, 0.3) is 5.95 Å². The minimum Gasteiger partial charge on any atom is -0.341 e. The molecule has 8 heteroatoms. The zero-order valence-corrected chi connectivity index (χ0v) is 11.1. The van der Waals surface area contributed by atoms with E-state index in [0.29, 0.717) is 17.8 Å². The molecule has 2 aromatic heterocycles. The zero-order chi connectivity index (χ0) is 13.7. The third kappa shape index (κ3) is 2.97. The summed E-state index contributed by atoms with van der Waals surface area (Å²) in [7, 11) is 0. The van der Waals surface area contributed by atoms with Gasteiger partial charge in [-0.15, -0.1) is 0 Å². The van der Waals surface area contributed by atoms with Crippen LogP contribution in [-0.4, -0.2) is 37.8 Å². The van der Waals surface area contributed by atoms with Crippen LogP contribution >= 0.6 is 0 Å². The number of nitrogen functional groups attached to an aromatic ring is 1. The third-order valence-corrected chi connectivity index (χ3v) is 2.61. The molecule has 0 amide bonds. The van der Waals surface area contributed by atoms with E-state index in [1.54, 1.807) is 17.1 Å². The highest BCUT2D eigenvalue weighted by Crippen LogP contribution is 2.12. The number of hydrazine groups is 1. The van der Waals surface area contributed by atoms with Crippen molar-refractivity contribution in [3.63, 3.8) is 0 Å². The van der Waals surface area contributed by atoms with E-state index in [2.05, 4.69) is 44.2 Å². The predicted octanol–water partition coefficient (Wildman–Crippen LogP) is 0.579. The molecule has 0 aromatic carbocycles. The van der Waals surface area contributed by atoms with Crippen LogP contribution in [0.3, 0.4) is 0 Å². The number of aromatic nitrogens is 5. The largest absolute Gasteiger partial charge is 0.341 e. The first-order valence-corrected chi connectivity index (χ1v) is 6.26. The second kappa shape index (κ2) is 6.10. The lowest BCUT2D eigenvalue weighted by atomic mass is 10.4. The highest BCUT2D eigenvalue weighted by molar-refractivity contribution is 5.39. The Bertz CT molecular complexity index is 509. The predicted molar refractivity (Wildman–Crippen MR) is 72.9 cm³/mol. The molecule has 0 spiro atoms. The quantitative estimate of drug-likeness (QED) is 0.580. The molecule has 0 saturated heterocycles. The van der Waals surface area contributed by atoms with E-state index in [1.165, 1.54) is 0 Å². The van der Waals surface area contributed by atoms with Gasteiger partial charge < -0.3 is 4.90 Å².